The van der Waals surface area contributed by atoms with Crippen molar-refractivity contribution in [2.45, 2.75) is 13.0 Å². The minimum absolute atomic E-state index is 0.484. The van der Waals surface area contributed by atoms with Crippen LogP contribution in [0.1, 0.15) is 12.0 Å². The lowest BCUT2D eigenvalue weighted by Crippen LogP contribution is -1.94. The first kappa shape index (κ1) is 15.1. The minimum Gasteiger partial charge on any atom is -0.346 e. The molecule has 4 nitrogen and oxygen atoms in total. The van der Waals surface area contributed by atoms with Crippen molar-refractivity contribution >= 4 is 34.4 Å². The largest absolute Gasteiger partial charge is 0.346 e. The summed E-state index contributed by atoms with van der Waals surface area (Å²) in [6.07, 6.45) is 4.30. The number of hydrogen-bond acceptors (Lipinski definition) is 3. The Morgan fingerprint density at radius 2 is 1.96 bits per heavy atom. The summed E-state index contributed by atoms with van der Waals surface area (Å²) < 4.78 is 2.09. The van der Waals surface area contributed by atoms with Crippen LogP contribution in [0.5, 0.6) is 0 Å². The molecule has 1 N–H and O–H groups in total. The monoisotopic (exact) mass is 322 g/mol. The second-order valence-electron chi connectivity index (χ2n) is 5.08. The van der Waals surface area contributed by atoms with Gasteiger partial charge in [0.1, 0.15) is 0 Å². The van der Waals surface area contributed by atoms with Crippen LogP contribution in [-0.2, 0) is 6.54 Å². The normalized spacial score (nSPS) is 11.0. The van der Waals surface area contributed by atoms with Crippen LogP contribution in [0, 0.1) is 11.3 Å². The van der Waals surface area contributed by atoms with E-state index in [1.54, 1.807) is 6.21 Å². The van der Waals surface area contributed by atoms with Crippen LogP contribution >= 0.6 is 11.6 Å². The van der Waals surface area contributed by atoms with E-state index in [1.807, 2.05) is 42.6 Å². The summed E-state index contributed by atoms with van der Waals surface area (Å²) in [6.45, 7) is 0.676. The third kappa shape index (κ3) is 3.53. The maximum absolute atomic E-state index is 8.78. The fourth-order valence-corrected chi connectivity index (χ4v) is 2.56. The number of para-hydroxylation sites is 1. The molecule has 2 aromatic carbocycles. The maximum Gasteiger partial charge on any atom is 0.0640 e. The Kier molecular flexibility index (Phi) is 4.60. The lowest BCUT2D eigenvalue weighted by atomic mass is 10.2. The van der Waals surface area contributed by atoms with E-state index in [1.165, 1.54) is 0 Å². The van der Waals surface area contributed by atoms with Crippen molar-refractivity contribution < 1.29 is 0 Å². The summed E-state index contributed by atoms with van der Waals surface area (Å²) in [6, 6.07) is 17.7. The van der Waals surface area contributed by atoms with Gasteiger partial charge >= 0.3 is 0 Å². The smallest absolute Gasteiger partial charge is 0.0640 e. The van der Waals surface area contributed by atoms with E-state index in [0.717, 1.165) is 22.2 Å². The molecule has 0 fully saturated rings. The Morgan fingerprint density at radius 1 is 1.17 bits per heavy atom. The van der Waals surface area contributed by atoms with E-state index in [9.17, 15) is 0 Å². The highest BCUT2D eigenvalue weighted by atomic mass is 35.5. The molecule has 0 amide bonds. The second-order valence-corrected chi connectivity index (χ2v) is 5.52. The average Bonchev–Trinajstić information content (AvgIpc) is 2.93. The zero-order chi connectivity index (χ0) is 16.1. The van der Waals surface area contributed by atoms with E-state index < -0.39 is 0 Å². The summed E-state index contributed by atoms with van der Waals surface area (Å²) in [5, 5.41) is 14.9. The predicted octanol–water partition coefficient (Wildman–Crippen LogP) is 4.65. The summed E-state index contributed by atoms with van der Waals surface area (Å²) in [4.78, 5) is 0. The number of fused-ring (bicyclic) bond motifs is 1. The molecule has 1 aromatic heterocycles. The molecule has 23 heavy (non-hydrogen) atoms. The molecule has 5 heteroatoms. The zero-order valence-corrected chi connectivity index (χ0v) is 13.2. The molecule has 0 unspecified atom stereocenters. The molecule has 0 aliphatic carbocycles. The van der Waals surface area contributed by atoms with Gasteiger partial charge in [0.2, 0.25) is 0 Å². The van der Waals surface area contributed by atoms with Crippen molar-refractivity contribution in [1.82, 2.24) is 4.57 Å². The van der Waals surface area contributed by atoms with Gasteiger partial charge in [0.05, 0.1) is 24.4 Å². The van der Waals surface area contributed by atoms with Gasteiger partial charge < -0.3 is 4.57 Å². The van der Waals surface area contributed by atoms with Crippen molar-refractivity contribution in [1.29, 1.82) is 5.26 Å². The predicted molar refractivity (Wildman–Crippen MR) is 94.8 cm³/mol. The molecule has 3 rings (SSSR count). The molecule has 0 aliphatic rings. The molecule has 0 atom stereocenters. The lowest BCUT2D eigenvalue weighted by Gasteiger charge is -2.00. The van der Waals surface area contributed by atoms with Crippen molar-refractivity contribution in [3.8, 4) is 6.07 Å². The maximum atomic E-state index is 8.78. The Balaban J connectivity index is 1.83. The Morgan fingerprint density at radius 3 is 2.74 bits per heavy atom. The lowest BCUT2D eigenvalue weighted by molar-refractivity contribution is 0.744. The molecule has 0 bridgehead atoms. The first-order valence-corrected chi connectivity index (χ1v) is 7.65. The van der Waals surface area contributed by atoms with E-state index in [0.29, 0.717) is 18.0 Å². The van der Waals surface area contributed by atoms with Crippen LogP contribution in [-0.4, -0.2) is 10.8 Å². The number of rotatable bonds is 5. The van der Waals surface area contributed by atoms with Gasteiger partial charge in [-0.05, 0) is 30.3 Å². The van der Waals surface area contributed by atoms with Gasteiger partial charge in [-0.25, -0.2) is 0 Å². The van der Waals surface area contributed by atoms with E-state index >= 15 is 0 Å². The highest BCUT2D eigenvalue weighted by Crippen LogP contribution is 2.20. The first-order chi connectivity index (χ1) is 11.3. The van der Waals surface area contributed by atoms with Gasteiger partial charge in [-0.1, -0.05) is 29.8 Å². The van der Waals surface area contributed by atoms with E-state index in [4.69, 9.17) is 16.9 Å². The number of nitriles is 1. The van der Waals surface area contributed by atoms with Crippen LogP contribution in [0.25, 0.3) is 10.9 Å². The quantitative estimate of drug-likeness (QED) is 0.549. The highest BCUT2D eigenvalue weighted by Gasteiger charge is 2.05. The number of nitrogens with zero attached hydrogens (tertiary/aromatic N) is 3. The van der Waals surface area contributed by atoms with E-state index in [2.05, 4.69) is 33.3 Å². The van der Waals surface area contributed by atoms with Crippen molar-refractivity contribution in [3.63, 3.8) is 0 Å². The van der Waals surface area contributed by atoms with Crippen LogP contribution in [0.4, 0.5) is 5.69 Å². The third-order valence-electron chi connectivity index (χ3n) is 3.53. The van der Waals surface area contributed by atoms with Crippen molar-refractivity contribution in [2.24, 2.45) is 5.10 Å². The molecular weight excluding hydrogens is 308 g/mol. The number of aromatic nitrogens is 1. The van der Waals surface area contributed by atoms with Crippen molar-refractivity contribution in [2.75, 3.05) is 5.43 Å². The fourth-order valence-electron chi connectivity index (χ4n) is 2.43. The minimum atomic E-state index is 0.484. The van der Waals surface area contributed by atoms with E-state index in [-0.39, 0.29) is 0 Å². The SMILES string of the molecule is N#CCCn1cc(/C=N\Nc2ccc(Cl)cc2)c2ccccc21. The molecule has 114 valence electrons. The number of nitrogens with one attached hydrogen (secondary N) is 1. The molecule has 0 saturated heterocycles. The topological polar surface area (TPSA) is 53.1 Å². The third-order valence-corrected chi connectivity index (χ3v) is 3.78. The van der Waals surface area contributed by atoms with Crippen LogP contribution in [0.15, 0.2) is 59.8 Å². The molecule has 0 spiro atoms. The molecule has 0 saturated carbocycles. The fraction of sp³-hybridized carbons (Fsp3) is 0.111. The van der Waals surface area contributed by atoms with Gasteiger partial charge in [-0.2, -0.15) is 10.4 Å². The Bertz CT molecular complexity index is 872. The number of hydrazone groups is 1. The van der Waals surface area contributed by atoms with Gasteiger partial charge in [-0.3, -0.25) is 5.43 Å². The number of halogens is 1. The van der Waals surface area contributed by atoms with Crippen LogP contribution in [0.2, 0.25) is 5.02 Å². The number of benzene rings is 2. The number of anilines is 1. The summed E-state index contributed by atoms with van der Waals surface area (Å²) >= 11 is 5.86. The van der Waals surface area contributed by atoms with Crippen LogP contribution in [0.3, 0.4) is 0 Å². The Labute approximate surface area is 139 Å². The zero-order valence-electron chi connectivity index (χ0n) is 12.4. The van der Waals surface area contributed by atoms with Gasteiger partial charge in [-0.15, -0.1) is 0 Å². The highest BCUT2D eigenvalue weighted by molar-refractivity contribution is 6.30. The van der Waals surface area contributed by atoms with Gasteiger partial charge in [0.25, 0.3) is 0 Å². The van der Waals surface area contributed by atoms with Gasteiger partial charge in [0.15, 0.2) is 0 Å². The second kappa shape index (κ2) is 6.99. The summed E-state index contributed by atoms with van der Waals surface area (Å²) in [5.41, 5.74) is 5.98. The number of hydrogen-bond donors (Lipinski definition) is 1. The summed E-state index contributed by atoms with van der Waals surface area (Å²) in [7, 11) is 0. The average molecular weight is 323 g/mol. The van der Waals surface area contributed by atoms with Crippen LogP contribution < -0.4 is 5.43 Å². The summed E-state index contributed by atoms with van der Waals surface area (Å²) in [5.74, 6) is 0. The molecule has 0 radical (unpaired) electrons. The first-order valence-electron chi connectivity index (χ1n) is 7.27. The Hall–Kier alpha value is -2.77. The molecule has 3 aromatic rings. The van der Waals surface area contributed by atoms with Gasteiger partial charge in [0, 0.05) is 34.2 Å². The molecular formula is C18H15ClN4. The van der Waals surface area contributed by atoms with Crippen molar-refractivity contribution in [3.05, 3.63) is 65.3 Å². The number of aryl methyl sites for hydroxylation is 1. The molecule has 1 heterocycles. The molecule has 0 aliphatic heterocycles. The standard InChI is InChI=1S/C18H15ClN4/c19-15-6-8-16(9-7-15)22-21-12-14-13-23(11-3-10-20)18-5-2-1-4-17(14)18/h1-2,4-9,12-13,22H,3,11H2/b21-12-.